The van der Waals surface area contributed by atoms with E-state index in [0.29, 0.717) is 6.42 Å². The van der Waals surface area contributed by atoms with Crippen LogP contribution >= 0.6 is 0 Å². The van der Waals surface area contributed by atoms with Gasteiger partial charge in [0.2, 0.25) is 0 Å². The zero-order chi connectivity index (χ0) is 13.1. The minimum absolute atomic E-state index is 0.241. The predicted octanol–water partition coefficient (Wildman–Crippen LogP) is 3.47. The van der Waals surface area contributed by atoms with Crippen LogP contribution in [0, 0.1) is 0 Å². The summed E-state index contributed by atoms with van der Waals surface area (Å²) in [6.07, 6.45) is 1.31. The van der Waals surface area contributed by atoms with Crippen LogP contribution in [0.3, 0.4) is 0 Å². The monoisotopic (exact) mass is 231 g/mol. The molecule has 0 bridgehead atoms. The molecule has 2 N–H and O–H groups in total. The first-order valence-electron chi connectivity index (χ1n) is 5.87. The van der Waals surface area contributed by atoms with Gasteiger partial charge in [0.1, 0.15) is 5.78 Å². The quantitative estimate of drug-likeness (QED) is 0.623. The van der Waals surface area contributed by atoms with Crippen molar-refractivity contribution >= 4 is 11.5 Å². The normalized spacial score (nSPS) is 11.2. The Balaban J connectivity index is 2.82. The van der Waals surface area contributed by atoms with Crippen LogP contribution in [0.15, 0.2) is 36.4 Å². The summed E-state index contributed by atoms with van der Waals surface area (Å²) >= 11 is 0. The van der Waals surface area contributed by atoms with E-state index in [9.17, 15) is 4.79 Å². The number of allylic oxidation sites excluding steroid dienone is 1. The Morgan fingerprint density at radius 2 is 1.76 bits per heavy atom. The van der Waals surface area contributed by atoms with E-state index in [1.54, 1.807) is 0 Å². The molecule has 92 valence electrons. The molecule has 1 aromatic rings. The van der Waals surface area contributed by atoms with Gasteiger partial charge in [0.25, 0.3) is 0 Å². The van der Waals surface area contributed by atoms with Crippen LogP contribution in [0.4, 0.5) is 5.69 Å². The first kappa shape index (κ1) is 13.5. The lowest BCUT2D eigenvalue weighted by atomic mass is 9.78. The Hall–Kier alpha value is -1.57. The molecule has 2 nitrogen and oxygen atoms in total. The van der Waals surface area contributed by atoms with Crippen LogP contribution in [0.25, 0.3) is 0 Å². The molecule has 0 unspecified atom stereocenters. The molecule has 1 rings (SSSR count). The number of Topliss-reactive ketones (excluding diaryl/α,β-unsaturated/α-hetero) is 1. The SMILES string of the molecule is C=C(C)CCC(=O)C(C)(C)c1ccc(N)cc1. The third kappa shape index (κ3) is 3.45. The molecule has 0 amide bonds. The minimum Gasteiger partial charge on any atom is -0.399 e. The summed E-state index contributed by atoms with van der Waals surface area (Å²) in [4.78, 5) is 12.2. The molecule has 17 heavy (non-hydrogen) atoms. The molecule has 0 aliphatic carbocycles. The summed E-state index contributed by atoms with van der Waals surface area (Å²) in [5.41, 5.74) is 7.97. The molecular formula is C15H21NO. The second kappa shape index (κ2) is 5.17. The smallest absolute Gasteiger partial charge is 0.143 e. The van der Waals surface area contributed by atoms with Gasteiger partial charge in [-0.15, -0.1) is 6.58 Å². The lowest BCUT2D eigenvalue weighted by Gasteiger charge is -2.24. The van der Waals surface area contributed by atoms with E-state index in [1.165, 1.54) is 0 Å². The van der Waals surface area contributed by atoms with E-state index >= 15 is 0 Å². The van der Waals surface area contributed by atoms with Crippen LogP contribution in [-0.4, -0.2) is 5.78 Å². The fourth-order valence-electron chi connectivity index (χ4n) is 1.70. The maximum Gasteiger partial charge on any atom is 0.143 e. The van der Waals surface area contributed by atoms with E-state index < -0.39 is 5.41 Å². The average molecular weight is 231 g/mol. The molecule has 2 heteroatoms. The number of carbonyl (C=O) groups excluding carboxylic acids is 1. The van der Waals surface area contributed by atoms with Crippen LogP contribution in [0.5, 0.6) is 0 Å². The molecular weight excluding hydrogens is 210 g/mol. The lowest BCUT2D eigenvalue weighted by Crippen LogP contribution is -2.28. The van der Waals surface area contributed by atoms with Crippen LogP contribution in [0.1, 0.15) is 39.2 Å². The van der Waals surface area contributed by atoms with E-state index in [4.69, 9.17) is 5.73 Å². The Morgan fingerprint density at radius 3 is 2.24 bits per heavy atom. The number of carbonyl (C=O) groups is 1. The summed E-state index contributed by atoms with van der Waals surface area (Å²) in [5.74, 6) is 0.241. The summed E-state index contributed by atoms with van der Waals surface area (Å²) in [7, 11) is 0. The highest BCUT2D eigenvalue weighted by molar-refractivity contribution is 5.89. The third-order valence-electron chi connectivity index (χ3n) is 3.11. The van der Waals surface area contributed by atoms with Gasteiger partial charge in [0, 0.05) is 17.5 Å². The number of ketones is 1. The maximum absolute atomic E-state index is 12.2. The summed E-state index contributed by atoms with van der Waals surface area (Å²) in [5, 5.41) is 0. The van der Waals surface area contributed by atoms with Gasteiger partial charge in [-0.2, -0.15) is 0 Å². The molecule has 0 aliphatic heterocycles. The van der Waals surface area contributed by atoms with Gasteiger partial charge in [-0.05, 0) is 44.9 Å². The van der Waals surface area contributed by atoms with E-state index in [2.05, 4.69) is 6.58 Å². The Bertz CT molecular complexity index is 415. The molecule has 0 fully saturated rings. The van der Waals surface area contributed by atoms with Gasteiger partial charge in [-0.25, -0.2) is 0 Å². The van der Waals surface area contributed by atoms with Crippen molar-refractivity contribution in [1.82, 2.24) is 0 Å². The Labute approximate surface area is 104 Å². The highest BCUT2D eigenvalue weighted by Crippen LogP contribution is 2.27. The minimum atomic E-state index is -0.455. The largest absolute Gasteiger partial charge is 0.399 e. The van der Waals surface area contributed by atoms with Crippen molar-refractivity contribution in [2.24, 2.45) is 0 Å². The molecule has 0 heterocycles. The summed E-state index contributed by atoms with van der Waals surface area (Å²) < 4.78 is 0. The highest BCUT2D eigenvalue weighted by atomic mass is 16.1. The molecule has 0 spiro atoms. The van der Waals surface area contributed by atoms with Crippen molar-refractivity contribution < 1.29 is 4.79 Å². The second-order valence-electron chi connectivity index (χ2n) is 5.13. The predicted molar refractivity (Wildman–Crippen MR) is 72.9 cm³/mol. The molecule has 0 saturated heterocycles. The zero-order valence-electron chi connectivity index (χ0n) is 10.9. The first-order chi connectivity index (χ1) is 7.84. The van der Waals surface area contributed by atoms with Gasteiger partial charge in [-0.1, -0.05) is 17.7 Å². The average Bonchev–Trinajstić information content (AvgIpc) is 2.26. The number of nitrogens with two attached hydrogens (primary N) is 1. The van der Waals surface area contributed by atoms with Crippen molar-refractivity contribution in [1.29, 1.82) is 0 Å². The van der Waals surface area contributed by atoms with E-state index in [1.807, 2.05) is 45.0 Å². The van der Waals surface area contributed by atoms with Crippen LogP contribution < -0.4 is 5.73 Å². The van der Waals surface area contributed by atoms with Crippen molar-refractivity contribution in [2.45, 2.75) is 39.0 Å². The number of rotatable bonds is 5. The molecule has 0 saturated carbocycles. The van der Waals surface area contributed by atoms with E-state index in [-0.39, 0.29) is 5.78 Å². The van der Waals surface area contributed by atoms with Gasteiger partial charge < -0.3 is 5.73 Å². The van der Waals surface area contributed by atoms with Gasteiger partial charge in [0.15, 0.2) is 0 Å². The molecule has 0 aromatic heterocycles. The summed E-state index contributed by atoms with van der Waals surface area (Å²) in [6, 6.07) is 7.52. The van der Waals surface area contributed by atoms with Crippen molar-refractivity contribution in [3.63, 3.8) is 0 Å². The first-order valence-corrected chi connectivity index (χ1v) is 5.87. The van der Waals surface area contributed by atoms with Gasteiger partial charge in [-0.3, -0.25) is 4.79 Å². The molecule has 1 aromatic carbocycles. The number of anilines is 1. The molecule has 0 radical (unpaired) electrons. The Kier molecular flexibility index (Phi) is 4.11. The topological polar surface area (TPSA) is 43.1 Å². The van der Waals surface area contributed by atoms with Crippen molar-refractivity contribution in [3.05, 3.63) is 42.0 Å². The number of benzene rings is 1. The Morgan fingerprint density at radius 1 is 1.24 bits per heavy atom. The number of hydrogen-bond acceptors (Lipinski definition) is 2. The van der Waals surface area contributed by atoms with E-state index in [0.717, 1.165) is 23.2 Å². The van der Waals surface area contributed by atoms with Gasteiger partial charge >= 0.3 is 0 Å². The van der Waals surface area contributed by atoms with Gasteiger partial charge in [0.05, 0.1) is 0 Å². The summed E-state index contributed by atoms with van der Waals surface area (Å²) in [6.45, 7) is 9.69. The highest BCUT2D eigenvalue weighted by Gasteiger charge is 2.28. The van der Waals surface area contributed by atoms with Crippen molar-refractivity contribution in [3.8, 4) is 0 Å². The fourth-order valence-corrected chi connectivity index (χ4v) is 1.70. The van der Waals surface area contributed by atoms with Crippen molar-refractivity contribution in [2.75, 3.05) is 5.73 Å². The standard InChI is InChI=1S/C15H21NO/c1-11(2)5-10-14(17)15(3,4)12-6-8-13(16)9-7-12/h6-9H,1,5,10,16H2,2-4H3. The fraction of sp³-hybridized carbons (Fsp3) is 0.400. The van der Waals surface area contributed by atoms with Crippen LogP contribution in [0.2, 0.25) is 0 Å². The molecule has 0 atom stereocenters. The zero-order valence-corrected chi connectivity index (χ0v) is 10.9. The third-order valence-corrected chi connectivity index (χ3v) is 3.11. The lowest BCUT2D eigenvalue weighted by molar-refractivity contribution is -0.123. The number of hydrogen-bond donors (Lipinski definition) is 1. The number of nitrogen functional groups attached to an aromatic ring is 1. The molecule has 0 aliphatic rings. The maximum atomic E-state index is 12.2. The second-order valence-corrected chi connectivity index (χ2v) is 5.13. The van der Waals surface area contributed by atoms with Crippen LogP contribution in [-0.2, 0) is 10.2 Å².